The largest absolute Gasteiger partial charge is 0.489 e. The third kappa shape index (κ3) is 3.08. The number of carbonyl (C=O) groups is 1. The van der Waals surface area contributed by atoms with Gasteiger partial charge in [-0.15, -0.1) is 0 Å². The zero-order valence-electron chi connectivity index (χ0n) is 18.8. The number of rotatable bonds is 3. The lowest BCUT2D eigenvalue weighted by atomic mass is 9.90. The molecule has 1 aliphatic carbocycles. The van der Waals surface area contributed by atoms with Gasteiger partial charge in [0.1, 0.15) is 23.2 Å². The first-order chi connectivity index (χ1) is 16.5. The van der Waals surface area contributed by atoms with Crippen LogP contribution in [0.2, 0.25) is 5.02 Å². The number of amides is 1. The van der Waals surface area contributed by atoms with Gasteiger partial charge in [-0.3, -0.25) is 9.59 Å². The molecule has 0 radical (unpaired) electrons. The van der Waals surface area contributed by atoms with Crippen LogP contribution in [0.3, 0.4) is 0 Å². The van der Waals surface area contributed by atoms with Gasteiger partial charge in [0.25, 0.3) is 11.5 Å². The molecule has 2 aliphatic heterocycles. The van der Waals surface area contributed by atoms with Gasteiger partial charge in [0, 0.05) is 37.3 Å². The van der Waals surface area contributed by atoms with Crippen LogP contribution in [0.5, 0.6) is 5.75 Å². The maximum atomic E-state index is 13.5. The summed E-state index contributed by atoms with van der Waals surface area (Å²) in [6.45, 7) is 4.45. The minimum Gasteiger partial charge on any atom is -0.489 e. The van der Waals surface area contributed by atoms with Gasteiger partial charge < -0.3 is 18.8 Å². The quantitative estimate of drug-likeness (QED) is 0.544. The van der Waals surface area contributed by atoms with Crippen LogP contribution in [0.1, 0.15) is 34.2 Å². The number of aromatic nitrogens is 3. The molecule has 2 aromatic heterocycles. The Kier molecular flexibility index (Phi) is 4.52. The predicted octanol–water partition coefficient (Wildman–Crippen LogP) is 3.82. The van der Waals surface area contributed by atoms with Gasteiger partial charge in [-0.25, -0.2) is 4.98 Å². The van der Waals surface area contributed by atoms with Crippen LogP contribution in [-0.2, 0) is 18.1 Å². The maximum absolute atomic E-state index is 13.5. The Bertz CT molecular complexity index is 1460. The van der Waals surface area contributed by atoms with Crippen LogP contribution in [0.25, 0.3) is 5.69 Å². The number of pyridine rings is 1. The fourth-order valence-corrected chi connectivity index (χ4v) is 5.82. The number of halogens is 4. The summed E-state index contributed by atoms with van der Waals surface area (Å²) in [7, 11) is 0. The van der Waals surface area contributed by atoms with Crippen molar-refractivity contribution in [2.45, 2.75) is 38.1 Å². The number of hydrogen-bond acceptors (Lipinski definition) is 4. The second-order valence-corrected chi connectivity index (χ2v) is 9.81. The number of benzene rings is 1. The smallest absolute Gasteiger partial charge is 0.417 e. The molecule has 35 heavy (non-hydrogen) atoms. The van der Waals surface area contributed by atoms with Gasteiger partial charge >= 0.3 is 6.18 Å². The molecule has 11 heteroatoms. The average Bonchev–Trinajstić information content (AvgIpc) is 3.08. The molecule has 1 unspecified atom stereocenters. The van der Waals surface area contributed by atoms with Crippen LogP contribution in [-0.4, -0.2) is 44.1 Å². The highest BCUT2D eigenvalue weighted by atomic mass is 35.5. The van der Waals surface area contributed by atoms with Crippen LogP contribution >= 0.6 is 11.6 Å². The fourth-order valence-electron chi connectivity index (χ4n) is 5.56. The summed E-state index contributed by atoms with van der Waals surface area (Å²) in [6, 6.07) is 5.47. The molecule has 7 nitrogen and oxygen atoms in total. The van der Waals surface area contributed by atoms with Crippen LogP contribution < -0.4 is 10.3 Å². The number of imidazole rings is 1. The van der Waals surface area contributed by atoms with Crippen molar-refractivity contribution in [1.82, 2.24) is 19.0 Å². The first-order valence-electron chi connectivity index (χ1n) is 11.1. The summed E-state index contributed by atoms with van der Waals surface area (Å²) in [5.41, 5.74) is -0.141. The lowest BCUT2D eigenvalue weighted by molar-refractivity contribution is -0.137. The highest BCUT2D eigenvalue weighted by Gasteiger charge is 2.71. The average molecular weight is 505 g/mol. The number of carbonyl (C=O) groups excluding carboxylic acids is 1. The number of nitrogens with zero attached hydrogens (tertiary/aromatic N) is 4. The number of hydrogen-bond donors (Lipinski definition) is 0. The summed E-state index contributed by atoms with van der Waals surface area (Å²) in [5.74, 6) is -0.0825. The zero-order valence-corrected chi connectivity index (χ0v) is 19.5. The van der Waals surface area contributed by atoms with E-state index in [2.05, 4.69) is 4.98 Å². The summed E-state index contributed by atoms with van der Waals surface area (Å²) < 4.78 is 49.6. The molecule has 0 spiro atoms. The molecule has 3 aromatic rings. The Morgan fingerprint density at radius 3 is 2.69 bits per heavy atom. The van der Waals surface area contributed by atoms with E-state index < -0.39 is 22.2 Å². The van der Waals surface area contributed by atoms with E-state index in [1.165, 1.54) is 10.6 Å². The van der Waals surface area contributed by atoms with Gasteiger partial charge in [0.15, 0.2) is 0 Å². The molecule has 6 rings (SSSR count). The normalized spacial score (nSPS) is 24.6. The molecule has 1 fully saturated rings. The third-order valence-corrected chi connectivity index (χ3v) is 7.80. The first kappa shape index (κ1) is 22.2. The van der Waals surface area contributed by atoms with Crippen molar-refractivity contribution in [3.63, 3.8) is 0 Å². The highest BCUT2D eigenvalue weighted by molar-refractivity contribution is 6.31. The SMILES string of the molecule is Cc1cn(-c2ccc3n(c2=O)CCN(C[C@]24c5cc(C(F)(F)F)c(Cl)cc5O[C@H]2C4C)C3=O)cn1. The molecule has 0 N–H and O–H groups in total. The molecule has 1 amide bonds. The topological polar surface area (TPSA) is 69.4 Å². The Morgan fingerprint density at radius 1 is 1.23 bits per heavy atom. The second-order valence-electron chi connectivity index (χ2n) is 9.40. The third-order valence-electron chi connectivity index (χ3n) is 7.49. The van der Waals surface area contributed by atoms with E-state index in [0.717, 1.165) is 11.8 Å². The van der Waals surface area contributed by atoms with E-state index in [4.69, 9.17) is 16.3 Å². The van der Waals surface area contributed by atoms with E-state index in [0.29, 0.717) is 17.0 Å². The van der Waals surface area contributed by atoms with Gasteiger partial charge in [-0.05, 0) is 31.2 Å². The second kappa shape index (κ2) is 7.13. The highest BCUT2D eigenvalue weighted by Crippen LogP contribution is 2.64. The Balaban J connectivity index is 1.33. The molecular weight excluding hydrogens is 485 g/mol. The minimum atomic E-state index is -4.60. The number of aryl methyl sites for hydroxylation is 1. The molecule has 3 aliphatic rings. The lowest BCUT2D eigenvalue weighted by Gasteiger charge is -2.32. The Hall–Kier alpha value is -3.27. The number of ether oxygens (including phenoxy) is 1. The van der Waals surface area contributed by atoms with Crippen molar-refractivity contribution in [2.75, 3.05) is 13.1 Å². The Labute approximate surface area is 202 Å². The fraction of sp³-hybridized carbons (Fsp3) is 0.375. The van der Waals surface area contributed by atoms with Crippen molar-refractivity contribution in [1.29, 1.82) is 0 Å². The first-order valence-corrected chi connectivity index (χ1v) is 11.5. The van der Waals surface area contributed by atoms with Crippen LogP contribution in [0.4, 0.5) is 13.2 Å². The zero-order chi connectivity index (χ0) is 24.9. The lowest BCUT2D eigenvalue weighted by Crippen LogP contribution is -2.48. The standard InChI is InChI=1S/C24H20ClF3N4O3/c1-12-9-31(11-29-12)17-3-4-18-21(33)30(5-6-32(18)22(17)34)10-23-13(2)20(23)35-19-8-16(25)14(7-15(19)23)24(26,27)28/h3-4,7-9,11,13,20H,5-6,10H2,1-2H3/t13?,20-,23-/m0/s1. The van der Waals surface area contributed by atoms with Gasteiger partial charge in [0.2, 0.25) is 0 Å². The van der Waals surface area contributed by atoms with Crippen molar-refractivity contribution in [3.8, 4) is 11.4 Å². The van der Waals surface area contributed by atoms with Gasteiger partial charge in [-0.1, -0.05) is 18.5 Å². The van der Waals surface area contributed by atoms with Crippen molar-refractivity contribution < 1.29 is 22.7 Å². The van der Waals surface area contributed by atoms with Gasteiger partial charge in [0.05, 0.1) is 28.0 Å². The van der Waals surface area contributed by atoms with E-state index >= 15 is 0 Å². The number of alkyl halides is 3. The summed E-state index contributed by atoms with van der Waals surface area (Å²) in [5, 5.41) is -0.411. The molecule has 4 heterocycles. The minimum absolute atomic E-state index is 0.0685. The maximum Gasteiger partial charge on any atom is 0.417 e. The molecule has 1 saturated carbocycles. The monoisotopic (exact) mass is 504 g/mol. The van der Waals surface area contributed by atoms with Crippen molar-refractivity contribution in [3.05, 3.63) is 74.7 Å². The van der Waals surface area contributed by atoms with E-state index in [1.807, 2.05) is 13.8 Å². The predicted molar refractivity (Wildman–Crippen MR) is 120 cm³/mol. The molecular formula is C24H20ClF3N4O3. The Morgan fingerprint density at radius 2 is 2.00 bits per heavy atom. The summed E-state index contributed by atoms with van der Waals surface area (Å²) in [4.78, 5) is 32.2. The molecule has 0 bridgehead atoms. The number of fused-ring (bicyclic) bond motifs is 4. The summed E-state index contributed by atoms with van der Waals surface area (Å²) >= 11 is 5.88. The molecule has 182 valence electrons. The van der Waals surface area contributed by atoms with Crippen LogP contribution in [0, 0.1) is 12.8 Å². The molecule has 3 atom stereocenters. The van der Waals surface area contributed by atoms with E-state index in [-0.39, 0.29) is 48.8 Å². The van der Waals surface area contributed by atoms with Gasteiger partial charge in [-0.2, -0.15) is 13.2 Å². The molecule has 1 aromatic carbocycles. The van der Waals surface area contributed by atoms with E-state index in [9.17, 15) is 22.8 Å². The summed E-state index contributed by atoms with van der Waals surface area (Å²) in [6.07, 6.45) is -1.66. The van der Waals surface area contributed by atoms with Crippen LogP contribution in [0.15, 0.2) is 41.6 Å². The van der Waals surface area contributed by atoms with E-state index in [1.54, 1.807) is 34.1 Å². The van der Waals surface area contributed by atoms with Crippen molar-refractivity contribution >= 4 is 17.5 Å². The molecule has 0 saturated heterocycles. The van der Waals surface area contributed by atoms with Crippen molar-refractivity contribution in [2.24, 2.45) is 5.92 Å².